The fourth-order valence-corrected chi connectivity index (χ4v) is 1.43. The molecular formula is C13H20BFO4. The molecule has 2 N–H and O–H groups in total. The van der Waals surface area contributed by atoms with E-state index in [1.165, 1.54) is 12.1 Å². The van der Waals surface area contributed by atoms with Crippen molar-refractivity contribution in [2.75, 3.05) is 13.2 Å². The van der Waals surface area contributed by atoms with Crippen molar-refractivity contribution >= 4 is 12.6 Å². The van der Waals surface area contributed by atoms with Crippen molar-refractivity contribution in [3.05, 3.63) is 29.6 Å². The van der Waals surface area contributed by atoms with Gasteiger partial charge in [0.15, 0.2) is 0 Å². The molecular weight excluding hydrogens is 250 g/mol. The average molecular weight is 270 g/mol. The Balaban J connectivity index is 2.38. The number of hydrogen-bond acceptors (Lipinski definition) is 4. The molecule has 0 amide bonds. The van der Waals surface area contributed by atoms with Crippen molar-refractivity contribution in [2.24, 2.45) is 0 Å². The average Bonchev–Trinajstić information content (AvgIpc) is 2.28. The first kappa shape index (κ1) is 16.1. The number of ether oxygens (including phenoxy) is 2. The summed E-state index contributed by atoms with van der Waals surface area (Å²) in [5.41, 5.74) is 0.283. The second-order valence-electron chi connectivity index (χ2n) is 5.24. The first-order valence-electron chi connectivity index (χ1n) is 6.16. The van der Waals surface area contributed by atoms with Gasteiger partial charge in [0.2, 0.25) is 0 Å². The molecule has 0 aromatic heterocycles. The highest BCUT2D eigenvalue weighted by atomic mass is 19.1. The van der Waals surface area contributed by atoms with E-state index in [1.807, 2.05) is 20.8 Å². The third-order valence-electron chi connectivity index (χ3n) is 2.40. The molecule has 0 fully saturated rings. The zero-order chi connectivity index (χ0) is 14.5. The Morgan fingerprint density at radius 1 is 1.21 bits per heavy atom. The number of rotatable bonds is 6. The van der Waals surface area contributed by atoms with E-state index in [-0.39, 0.29) is 17.7 Å². The van der Waals surface area contributed by atoms with Crippen LogP contribution in [0, 0.1) is 5.82 Å². The summed E-state index contributed by atoms with van der Waals surface area (Å²) >= 11 is 0. The van der Waals surface area contributed by atoms with Crippen molar-refractivity contribution in [3.63, 3.8) is 0 Å². The molecule has 1 aromatic carbocycles. The summed E-state index contributed by atoms with van der Waals surface area (Å²) in [6, 6.07) is 4.03. The van der Waals surface area contributed by atoms with Gasteiger partial charge in [0, 0.05) is 5.56 Å². The van der Waals surface area contributed by atoms with Crippen molar-refractivity contribution in [2.45, 2.75) is 33.0 Å². The first-order valence-corrected chi connectivity index (χ1v) is 6.16. The lowest BCUT2D eigenvalue weighted by Crippen LogP contribution is -2.30. The zero-order valence-corrected chi connectivity index (χ0v) is 11.5. The molecule has 0 radical (unpaired) electrons. The van der Waals surface area contributed by atoms with Crippen molar-refractivity contribution < 1.29 is 23.9 Å². The van der Waals surface area contributed by atoms with E-state index in [9.17, 15) is 4.39 Å². The molecule has 0 saturated heterocycles. The van der Waals surface area contributed by atoms with Crippen molar-refractivity contribution in [1.29, 1.82) is 0 Å². The molecule has 1 rings (SSSR count). The molecule has 0 saturated carbocycles. The predicted molar refractivity (Wildman–Crippen MR) is 71.6 cm³/mol. The van der Waals surface area contributed by atoms with E-state index >= 15 is 0 Å². The Morgan fingerprint density at radius 3 is 2.42 bits per heavy atom. The zero-order valence-electron chi connectivity index (χ0n) is 11.5. The van der Waals surface area contributed by atoms with Gasteiger partial charge in [-0.05, 0) is 32.3 Å². The molecule has 0 unspecified atom stereocenters. The summed E-state index contributed by atoms with van der Waals surface area (Å²) < 4.78 is 24.3. The third-order valence-corrected chi connectivity index (χ3v) is 2.40. The first-order chi connectivity index (χ1) is 8.79. The van der Waals surface area contributed by atoms with Crippen LogP contribution in [0.5, 0.6) is 0 Å². The minimum atomic E-state index is -1.66. The highest BCUT2D eigenvalue weighted by Gasteiger charge is 2.13. The quantitative estimate of drug-likeness (QED) is 0.594. The fourth-order valence-electron chi connectivity index (χ4n) is 1.43. The largest absolute Gasteiger partial charge is 0.488 e. The van der Waals surface area contributed by atoms with E-state index < -0.39 is 12.9 Å². The Bertz CT molecular complexity index is 404. The van der Waals surface area contributed by atoms with Crippen molar-refractivity contribution in [3.8, 4) is 0 Å². The van der Waals surface area contributed by atoms with Gasteiger partial charge in [-0.15, -0.1) is 0 Å². The molecule has 0 atom stereocenters. The highest BCUT2D eigenvalue weighted by molar-refractivity contribution is 6.58. The van der Waals surface area contributed by atoms with Gasteiger partial charge in [0.05, 0.1) is 25.4 Å². The van der Waals surface area contributed by atoms with Crippen LogP contribution in [0.15, 0.2) is 18.2 Å². The summed E-state index contributed by atoms with van der Waals surface area (Å²) in [7, 11) is -1.66. The van der Waals surface area contributed by atoms with Gasteiger partial charge in [-0.25, -0.2) is 4.39 Å². The SMILES string of the molecule is CC(C)(C)OCCOCc1ccc(B(O)O)cc1F. The molecule has 0 bridgehead atoms. The molecule has 0 aliphatic rings. The van der Waals surface area contributed by atoms with Gasteiger partial charge < -0.3 is 19.5 Å². The van der Waals surface area contributed by atoms with E-state index in [4.69, 9.17) is 19.5 Å². The smallest absolute Gasteiger partial charge is 0.423 e. The van der Waals surface area contributed by atoms with Crippen LogP contribution in [0.4, 0.5) is 4.39 Å². The topological polar surface area (TPSA) is 58.9 Å². The number of benzene rings is 1. The molecule has 6 heteroatoms. The van der Waals surface area contributed by atoms with Crippen LogP contribution in [0.2, 0.25) is 0 Å². The molecule has 0 spiro atoms. The lowest BCUT2D eigenvalue weighted by molar-refractivity contribution is -0.0379. The monoisotopic (exact) mass is 270 g/mol. The van der Waals surface area contributed by atoms with Crippen LogP contribution in [0.3, 0.4) is 0 Å². The summed E-state index contributed by atoms with van der Waals surface area (Å²) in [5.74, 6) is -0.512. The minimum absolute atomic E-state index is 0.123. The molecule has 19 heavy (non-hydrogen) atoms. The second-order valence-corrected chi connectivity index (χ2v) is 5.24. The lowest BCUT2D eigenvalue weighted by Gasteiger charge is -2.19. The maximum atomic E-state index is 13.6. The maximum absolute atomic E-state index is 13.6. The minimum Gasteiger partial charge on any atom is -0.423 e. The van der Waals surface area contributed by atoms with Gasteiger partial charge in [-0.1, -0.05) is 12.1 Å². The van der Waals surface area contributed by atoms with Crippen LogP contribution < -0.4 is 5.46 Å². The van der Waals surface area contributed by atoms with Gasteiger partial charge in [0.1, 0.15) is 5.82 Å². The van der Waals surface area contributed by atoms with Gasteiger partial charge in [0.25, 0.3) is 0 Å². The summed E-state index contributed by atoms with van der Waals surface area (Å²) in [6.45, 7) is 6.80. The summed E-state index contributed by atoms with van der Waals surface area (Å²) in [4.78, 5) is 0. The highest BCUT2D eigenvalue weighted by Crippen LogP contribution is 2.08. The number of halogens is 1. The molecule has 106 valence electrons. The lowest BCUT2D eigenvalue weighted by atomic mass is 9.80. The van der Waals surface area contributed by atoms with Gasteiger partial charge in [-0.3, -0.25) is 0 Å². The van der Waals surface area contributed by atoms with Crippen molar-refractivity contribution in [1.82, 2.24) is 0 Å². The van der Waals surface area contributed by atoms with Gasteiger partial charge >= 0.3 is 7.12 Å². The van der Waals surface area contributed by atoms with E-state index in [2.05, 4.69) is 0 Å². The van der Waals surface area contributed by atoms with E-state index in [1.54, 1.807) is 0 Å². The van der Waals surface area contributed by atoms with Crippen LogP contribution in [0.25, 0.3) is 0 Å². The summed E-state index contributed by atoms with van der Waals surface area (Å²) in [5, 5.41) is 17.8. The van der Waals surface area contributed by atoms with Crippen LogP contribution >= 0.6 is 0 Å². The van der Waals surface area contributed by atoms with E-state index in [0.29, 0.717) is 18.8 Å². The number of hydrogen-bond donors (Lipinski definition) is 2. The maximum Gasteiger partial charge on any atom is 0.488 e. The van der Waals surface area contributed by atoms with Gasteiger partial charge in [-0.2, -0.15) is 0 Å². The predicted octanol–water partition coefficient (Wildman–Crippen LogP) is 0.837. The molecule has 1 aromatic rings. The fraction of sp³-hybridized carbons (Fsp3) is 0.538. The molecule has 4 nitrogen and oxygen atoms in total. The molecule has 0 heterocycles. The Labute approximate surface area is 113 Å². The molecule has 0 aliphatic carbocycles. The van der Waals surface area contributed by atoms with Crippen LogP contribution in [-0.4, -0.2) is 36.0 Å². The Morgan fingerprint density at radius 2 is 1.89 bits per heavy atom. The van der Waals surface area contributed by atoms with E-state index in [0.717, 1.165) is 6.07 Å². The third kappa shape index (κ3) is 6.16. The van der Waals surface area contributed by atoms with Crippen LogP contribution in [-0.2, 0) is 16.1 Å². The summed E-state index contributed by atoms with van der Waals surface area (Å²) in [6.07, 6.45) is 0. The standard InChI is InChI=1S/C13H20BFO4/c1-13(2,3)19-7-6-18-9-10-4-5-11(14(16)17)8-12(10)15/h4-5,8,16-17H,6-7,9H2,1-3H3. The van der Waals surface area contributed by atoms with Crippen LogP contribution in [0.1, 0.15) is 26.3 Å². The second kappa shape index (κ2) is 7.00. The Hall–Kier alpha value is -0.945. The Kier molecular flexibility index (Phi) is 5.94. The molecule has 0 aliphatic heterocycles. The normalized spacial score (nSPS) is 11.7.